The number of amides is 1. The van der Waals surface area contributed by atoms with Gasteiger partial charge in [-0.15, -0.1) is 0 Å². The molecule has 2 N–H and O–H groups in total. The topological polar surface area (TPSA) is 104 Å². The fourth-order valence-corrected chi connectivity index (χ4v) is 4.84. The van der Waals surface area contributed by atoms with Gasteiger partial charge in [-0.25, -0.2) is 0 Å². The van der Waals surface area contributed by atoms with E-state index in [2.05, 4.69) is 42.8 Å². The Hall–Kier alpha value is -3.66. The van der Waals surface area contributed by atoms with Crippen molar-refractivity contribution in [2.75, 3.05) is 46.4 Å². The number of aryl methyl sites for hydroxylation is 1. The summed E-state index contributed by atoms with van der Waals surface area (Å²) < 4.78 is 17.2. The van der Waals surface area contributed by atoms with Crippen LogP contribution >= 0.6 is 0 Å². The van der Waals surface area contributed by atoms with Crippen LogP contribution in [0, 0.1) is 0 Å². The number of allylic oxidation sites excluding steroid dienone is 1. The first-order valence-electron chi connectivity index (χ1n) is 14.1. The Kier molecular flexibility index (Phi) is 10.6. The zero-order valence-corrected chi connectivity index (χ0v) is 24.2. The second-order valence-electron chi connectivity index (χ2n) is 10.5. The molecule has 0 radical (unpaired) electrons. The fourth-order valence-electron chi connectivity index (χ4n) is 4.84. The van der Waals surface area contributed by atoms with Gasteiger partial charge in [0.2, 0.25) is 0 Å². The summed E-state index contributed by atoms with van der Waals surface area (Å²) in [7, 11) is 1.63. The highest BCUT2D eigenvalue weighted by Gasteiger charge is 2.33. The molecule has 220 valence electrons. The first-order valence-corrected chi connectivity index (χ1v) is 14.1. The van der Waals surface area contributed by atoms with E-state index in [1.165, 1.54) is 11.8 Å². The van der Waals surface area contributed by atoms with Crippen molar-refractivity contribution in [1.29, 1.82) is 0 Å². The monoisotopic (exact) mass is 563 g/mol. The predicted octanol–water partition coefficient (Wildman–Crippen LogP) is 3.30. The summed E-state index contributed by atoms with van der Waals surface area (Å²) in [5.41, 5.74) is 3.89. The van der Waals surface area contributed by atoms with Gasteiger partial charge in [0, 0.05) is 44.8 Å². The number of β-amino-alcohol motifs (C(OH)–C–C–N with tert-alkyl or cyclic N) is 2. The molecule has 2 heterocycles. The smallest absolute Gasteiger partial charge is 0.267 e. The quantitative estimate of drug-likeness (QED) is 0.219. The number of hydrogen-bond donors (Lipinski definition) is 2. The van der Waals surface area contributed by atoms with E-state index in [9.17, 15) is 15.0 Å². The molecule has 2 atom stereocenters. The molecule has 0 saturated carbocycles. The van der Waals surface area contributed by atoms with Crippen LogP contribution in [0.15, 0.2) is 72.1 Å². The Labute approximate surface area is 242 Å². The maximum absolute atomic E-state index is 12.8. The van der Waals surface area contributed by atoms with Crippen molar-refractivity contribution in [2.24, 2.45) is 4.99 Å². The Balaban J connectivity index is 1.20. The molecular weight excluding hydrogens is 522 g/mol. The van der Waals surface area contributed by atoms with Gasteiger partial charge in [-0.1, -0.05) is 43.8 Å². The molecule has 0 spiro atoms. The van der Waals surface area contributed by atoms with Gasteiger partial charge in [-0.05, 0) is 48.2 Å². The standard InChI is InChI=1S/C32H41N3O6/c1-5-24-6-8-25(9-7-24)21-41-30-11-10-26(16-31(30)39-4)27-17-35(18-27)32(38)23(3)33-13-12-22(2)40-15-14-34-19-28(36)29(37)20-34/h6-13,16,27-29,36-37H,2,5,14-15,17-21H2,1,3-4H3/b13-12-,33-23?/t28-,29+. The highest BCUT2D eigenvalue weighted by molar-refractivity contribution is 6.38. The molecule has 2 aliphatic rings. The van der Waals surface area contributed by atoms with Crippen LogP contribution in [-0.2, 0) is 22.6 Å². The number of aliphatic imine (C=N–C) groups is 1. The Morgan fingerprint density at radius 3 is 2.39 bits per heavy atom. The number of rotatable bonds is 13. The van der Waals surface area contributed by atoms with E-state index in [1.807, 2.05) is 23.1 Å². The third-order valence-corrected chi connectivity index (χ3v) is 7.52. The molecule has 9 heteroatoms. The van der Waals surface area contributed by atoms with Crippen molar-refractivity contribution >= 4 is 11.6 Å². The van der Waals surface area contributed by atoms with E-state index in [0.29, 0.717) is 68.9 Å². The molecule has 2 aromatic rings. The van der Waals surface area contributed by atoms with Crippen LogP contribution < -0.4 is 9.47 Å². The summed E-state index contributed by atoms with van der Waals surface area (Å²) in [6.07, 6.45) is 2.71. The third kappa shape index (κ3) is 8.19. The molecule has 0 unspecified atom stereocenters. The van der Waals surface area contributed by atoms with E-state index >= 15 is 0 Å². The summed E-state index contributed by atoms with van der Waals surface area (Å²) >= 11 is 0. The van der Waals surface area contributed by atoms with Gasteiger partial charge in [0.05, 0.1) is 19.3 Å². The zero-order valence-electron chi connectivity index (χ0n) is 24.2. The third-order valence-electron chi connectivity index (χ3n) is 7.52. The Morgan fingerprint density at radius 1 is 1.05 bits per heavy atom. The number of nitrogens with zero attached hydrogens (tertiary/aromatic N) is 3. The number of ether oxygens (including phenoxy) is 3. The predicted molar refractivity (Wildman–Crippen MR) is 158 cm³/mol. The van der Waals surface area contributed by atoms with Crippen LogP contribution in [-0.4, -0.2) is 90.3 Å². The minimum Gasteiger partial charge on any atom is -0.493 e. The molecule has 41 heavy (non-hydrogen) atoms. The van der Waals surface area contributed by atoms with E-state index in [1.54, 1.807) is 25.0 Å². The molecule has 1 amide bonds. The molecule has 2 aliphatic heterocycles. The lowest BCUT2D eigenvalue weighted by atomic mass is 9.91. The first-order chi connectivity index (χ1) is 19.8. The fraction of sp³-hybridized carbons (Fsp3) is 0.438. The number of carbonyl (C=O) groups is 1. The molecule has 9 nitrogen and oxygen atoms in total. The lowest BCUT2D eigenvalue weighted by Crippen LogP contribution is -2.50. The van der Waals surface area contributed by atoms with Crippen molar-refractivity contribution in [3.63, 3.8) is 0 Å². The molecule has 0 aromatic heterocycles. The number of methoxy groups -OCH3 is 1. The van der Waals surface area contributed by atoms with Crippen LogP contribution in [0.4, 0.5) is 0 Å². The lowest BCUT2D eigenvalue weighted by molar-refractivity contribution is -0.128. The average Bonchev–Trinajstić information content (AvgIpc) is 3.27. The van der Waals surface area contributed by atoms with Gasteiger partial charge in [-0.2, -0.15) is 0 Å². The molecule has 2 saturated heterocycles. The second-order valence-corrected chi connectivity index (χ2v) is 10.5. The van der Waals surface area contributed by atoms with Crippen molar-refractivity contribution in [3.05, 3.63) is 83.8 Å². The molecule has 0 aliphatic carbocycles. The summed E-state index contributed by atoms with van der Waals surface area (Å²) in [6, 6.07) is 14.4. The molecule has 2 aromatic carbocycles. The maximum atomic E-state index is 12.8. The maximum Gasteiger partial charge on any atom is 0.267 e. The molecular formula is C32H41N3O6. The second kappa shape index (κ2) is 14.3. The summed E-state index contributed by atoms with van der Waals surface area (Å²) in [5, 5.41) is 19.2. The highest BCUT2D eigenvalue weighted by atomic mass is 16.5. The van der Waals surface area contributed by atoms with E-state index in [4.69, 9.17) is 14.2 Å². The van der Waals surface area contributed by atoms with Gasteiger partial charge < -0.3 is 29.3 Å². The van der Waals surface area contributed by atoms with Crippen molar-refractivity contribution in [3.8, 4) is 11.5 Å². The minimum absolute atomic E-state index is 0.107. The summed E-state index contributed by atoms with van der Waals surface area (Å²) in [5.74, 6) is 1.91. The largest absolute Gasteiger partial charge is 0.493 e. The van der Waals surface area contributed by atoms with Gasteiger partial charge in [-0.3, -0.25) is 14.7 Å². The number of carbonyl (C=O) groups excluding carboxylic acids is 1. The molecule has 2 fully saturated rings. The van der Waals surface area contributed by atoms with Crippen molar-refractivity contribution in [1.82, 2.24) is 9.80 Å². The van der Waals surface area contributed by atoms with Gasteiger partial charge in [0.1, 0.15) is 24.7 Å². The Morgan fingerprint density at radius 2 is 1.73 bits per heavy atom. The number of benzene rings is 2. The van der Waals surface area contributed by atoms with Gasteiger partial charge in [0.25, 0.3) is 5.91 Å². The zero-order chi connectivity index (χ0) is 29.4. The minimum atomic E-state index is -0.711. The van der Waals surface area contributed by atoms with Crippen molar-refractivity contribution < 1.29 is 29.2 Å². The first kappa shape index (κ1) is 30.3. The number of aliphatic hydroxyl groups is 2. The lowest BCUT2D eigenvalue weighted by Gasteiger charge is -2.39. The number of aliphatic hydroxyl groups excluding tert-OH is 2. The van der Waals surface area contributed by atoms with E-state index in [-0.39, 0.29) is 11.8 Å². The summed E-state index contributed by atoms with van der Waals surface area (Å²) in [6.45, 7) is 11.2. The van der Waals surface area contributed by atoms with Gasteiger partial charge in [0.15, 0.2) is 11.5 Å². The van der Waals surface area contributed by atoms with Crippen LogP contribution in [0.3, 0.4) is 0 Å². The van der Waals surface area contributed by atoms with Crippen LogP contribution in [0.2, 0.25) is 0 Å². The van der Waals surface area contributed by atoms with E-state index < -0.39 is 12.2 Å². The normalized spacial score (nSPS) is 19.8. The number of likely N-dealkylation sites (tertiary alicyclic amines) is 2. The Bertz CT molecular complexity index is 1240. The average molecular weight is 564 g/mol. The van der Waals surface area contributed by atoms with E-state index in [0.717, 1.165) is 17.5 Å². The molecule has 4 rings (SSSR count). The van der Waals surface area contributed by atoms with Crippen LogP contribution in [0.5, 0.6) is 11.5 Å². The molecule has 0 bridgehead atoms. The van der Waals surface area contributed by atoms with Crippen LogP contribution in [0.1, 0.15) is 36.5 Å². The number of hydrogen-bond acceptors (Lipinski definition) is 8. The highest BCUT2D eigenvalue weighted by Crippen LogP contribution is 2.35. The van der Waals surface area contributed by atoms with Crippen LogP contribution in [0.25, 0.3) is 0 Å². The SMILES string of the molecule is C=C(/C=C\N=C(C)C(=O)N1CC(c2ccc(OCc3ccc(CC)cc3)c(OC)c2)C1)OCCN1C[C@@H](O)[C@@H](O)C1. The van der Waals surface area contributed by atoms with Crippen molar-refractivity contribution in [2.45, 2.75) is 45.0 Å². The van der Waals surface area contributed by atoms with Gasteiger partial charge >= 0.3 is 0 Å². The summed E-state index contributed by atoms with van der Waals surface area (Å²) in [4.78, 5) is 20.8.